The second-order valence-corrected chi connectivity index (χ2v) is 9.58. The zero-order chi connectivity index (χ0) is 28.3. The van der Waals surface area contributed by atoms with Crippen LogP contribution < -0.4 is 21.3 Å². The van der Waals surface area contributed by atoms with Gasteiger partial charge in [-0.2, -0.15) is 0 Å². The van der Waals surface area contributed by atoms with Gasteiger partial charge in [-0.1, -0.05) is 35.3 Å². The molecule has 39 heavy (non-hydrogen) atoms. The van der Waals surface area contributed by atoms with E-state index >= 15 is 0 Å². The molecule has 3 rings (SSSR count). The van der Waals surface area contributed by atoms with E-state index in [-0.39, 0.29) is 44.2 Å². The number of allylic oxidation sites excluding steroid dienone is 1. The molecule has 1 aliphatic rings. The number of amides is 4. The molecule has 1 heterocycles. The average molecular weight is 574 g/mol. The number of urea groups is 1. The third-order valence-electron chi connectivity index (χ3n) is 5.62. The fourth-order valence-corrected chi connectivity index (χ4v) is 4.39. The van der Waals surface area contributed by atoms with E-state index in [1.807, 2.05) is 0 Å². The van der Waals surface area contributed by atoms with Crippen LogP contribution in [-0.4, -0.2) is 55.3 Å². The highest BCUT2D eigenvalue weighted by Crippen LogP contribution is 2.20. The Balaban J connectivity index is 1.51. The van der Waals surface area contributed by atoms with Crippen LogP contribution in [0.4, 0.5) is 10.5 Å². The molecule has 1 unspecified atom stereocenters. The first-order valence-corrected chi connectivity index (χ1v) is 13.0. The van der Waals surface area contributed by atoms with Crippen molar-refractivity contribution in [3.8, 4) is 0 Å². The van der Waals surface area contributed by atoms with E-state index in [1.54, 1.807) is 61.7 Å². The first-order chi connectivity index (χ1) is 18.7. The maximum atomic E-state index is 12.7. The summed E-state index contributed by atoms with van der Waals surface area (Å²) >= 11 is 12.0. The number of aliphatic imine (C=N–C) groups is 1. The van der Waals surface area contributed by atoms with E-state index in [2.05, 4.69) is 26.3 Å². The molecular formula is C27H29Cl2N5O5. The molecule has 4 amide bonds. The number of anilines is 1. The van der Waals surface area contributed by atoms with Crippen LogP contribution in [0.15, 0.2) is 59.6 Å². The summed E-state index contributed by atoms with van der Waals surface area (Å²) in [6, 6.07) is 10.8. The molecule has 0 saturated carbocycles. The number of nitrogens with zero attached hydrogens (tertiary/aromatic N) is 1. The SMILES string of the molecule is CCOC(=O)CCC1(NC(=O)CNC(=O)c2cccc(NC(=O)NCc3cc(Cl)cc(Cl)c3)c2)C=CC=NC1. The van der Waals surface area contributed by atoms with Crippen LogP contribution in [0.5, 0.6) is 0 Å². The topological polar surface area (TPSA) is 138 Å². The van der Waals surface area contributed by atoms with Gasteiger partial charge < -0.3 is 26.0 Å². The predicted molar refractivity (Wildman–Crippen MR) is 150 cm³/mol. The van der Waals surface area contributed by atoms with Crippen molar-refractivity contribution in [3.05, 3.63) is 75.8 Å². The maximum Gasteiger partial charge on any atom is 0.319 e. The standard InChI is InChI=1S/C27H29Cl2N5O5/c1-2-39-24(36)7-9-27(8-4-10-30-17-27)34-23(35)16-31-25(37)19-5-3-6-22(13-19)33-26(38)32-15-18-11-20(28)14-21(29)12-18/h3-6,8,10-14H,2,7,9,15-17H2,1H3,(H,31,37)(H,34,35)(H2,32,33,38). The van der Waals surface area contributed by atoms with E-state index in [1.165, 1.54) is 6.07 Å². The van der Waals surface area contributed by atoms with E-state index in [9.17, 15) is 19.2 Å². The lowest BCUT2D eigenvalue weighted by molar-refractivity contribution is -0.143. The van der Waals surface area contributed by atoms with E-state index in [4.69, 9.17) is 27.9 Å². The fourth-order valence-electron chi connectivity index (χ4n) is 3.81. The molecule has 1 atom stereocenters. The first kappa shape index (κ1) is 29.7. The summed E-state index contributed by atoms with van der Waals surface area (Å²) < 4.78 is 4.98. The van der Waals surface area contributed by atoms with Crippen LogP contribution in [-0.2, 0) is 20.9 Å². The highest BCUT2D eigenvalue weighted by atomic mass is 35.5. The Hall–Kier alpha value is -3.89. The Morgan fingerprint density at radius 2 is 1.82 bits per heavy atom. The summed E-state index contributed by atoms with van der Waals surface area (Å²) in [5.41, 5.74) is 0.516. The molecule has 12 heteroatoms. The van der Waals surface area contributed by atoms with Crippen LogP contribution in [0.25, 0.3) is 0 Å². The number of hydrogen-bond acceptors (Lipinski definition) is 6. The second-order valence-electron chi connectivity index (χ2n) is 8.71. The molecular weight excluding hydrogens is 545 g/mol. The minimum absolute atomic E-state index is 0.112. The monoisotopic (exact) mass is 573 g/mol. The predicted octanol–water partition coefficient (Wildman–Crippen LogP) is 3.88. The molecule has 0 spiro atoms. The van der Waals surface area contributed by atoms with Gasteiger partial charge in [-0.25, -0.2) is 4.79 Å². The minimum Gasteiger partial charge on any atom is -0.466 e. The Morgan fingerprint density at radius 3 is 2.51 bits per heavy atom. The fraction of sp³-hybridized carbons (Fsp3) is 0.296. The summed E-state index contributed by atoms with van der Waals surface area (Å²) in [6.45, 7) is 2.17. The van der Waals surface area contributed by atoms with Crippen LogP contribution in [0, 0.1) is 0 Å². The van der Waals surface area contributed by atoms with Crippen LogP contribution in [0.2, 0.25) is 10.0 Å². The number of rotatable bonds is 11. The second kappa shape index (κ2) is 14.3. The molecule has 0 radical (unpaired) electrons. The molecule has 206 valence electrons. The van der Waals surface area contributed by atoms with Gasteiger partial charge in [0.25, 0.3) is 5.91 Å². The lowest BCUT2D eigenvalue weighted by atomic mass is 9.91. The lowest BCUT2D eigenvalue weighted by Gasteiger charge is -2.31. The van der Waals surface area contributed by atoms with Gasteiger partial charge in [0.2, 0.25) is 5.91 Å². The Morgan fingerprint density at radius 1 is 1.05 bits per heavy atom. The smallest absolute Gasteiger partial charge is 0.319 e. The highest BCUT2D eigenvalue weighted by Gasteiger charge is 2.31. The lowest BCUT2D eigenvalue weighted by Crippen LogP contribution is -2.53. The third kappa shape index (κ3) is 9.73. The Labute approximate surface area is 236 Å². The number of halogens is 2. The van der Waals surface area contributed by atoms with Gasteiger partial charge in [-0.15, -0.1) is 0 Å². The molecule has 0 aliphatic carbocycles. The van der Waals surface area contributed by atoms with Crippen molar-refractivity contribution >= 4 is 58.9 Å². The normalized spacial score (nSPS) is 15.8. The van der Waals surface area contributed by atoms with Gasteiger partial charge in [0.05, 0.1) is 25.2 Å². The number of carbonyl (C=O) groups is 4. The largest absolute Gasteiger partial charge is 0.466 e. The summed E-state index contributed by atoms with van der Waals surface area (Å²) in [4.78, 5) is 53.7. The quantitative estimate of drug-likeness (QED) is 0.302. The molecule has 0 fully saturated rings. The van der Waals surface area contributed by atoms with Crippen LogP contribution >= 0.6 is 23.2 Å². The minimum atomic E-state index is -0.850. The van der Waals surface area contributed by atoms with Crippen molar-refractivity contribution in [1.82, 2.24) is 16.0 Å². The van der Waals surface area contributed by atoms with Gasteiger partial charge >= 0.3 is 12.0 Å². The molecule has 0 saturated heterocycles. The van der Waals surface area contributed by atoms with Gasteiger partial charge in [-0.05, 0) is 61.4 Å². The van der Waals surface area contributed by atoms with E-state index < -0.39 is 23.4 Å². The van der Waals surface area contributed by atoms with Gasteiger partial charge in [-0.3, -0.25) is 19.4 Å². The van der Waals surface area contributed by atoms with E-state index in [0.717, 1.165) is 5.56 Å². The third-order valence-corrected chi connectivity index (χ3v) is 6.05. The van der Waals surface area contributed by atoms with Gasteiger partial charge in [0.1, 0.15) is 0 Å². The van der Waals surface area contributed by atoms with Crippen LogP contribution in [0.3, 0.4) is 0 Å². The van der Waals surface area contributed by atoms with Crippen molar-refractivity contribution in [2.45, 2.75) is 31.8 Å². The highest BCUT2D eigenvalue weighted by molar-refractivity contribution is 6.34. The number of carbonyl (C=O) groups excluding carboxylic acids is 4. The zero-order valence-electron chi connectivity index (χ0n) is 21.3. The number of benzene rings is 2. The molecule has 2 aromatic rings. The molecule has 4 N–H and O–H groups in total. The van der Waals surface area contributed by atoms with Crippen molar-refractivity contribution in [3.63, 3.8) is 0 Å². The molecule has 0 bridgehead atoms. The number of hydrogen-bond donors (Lipinski definition) is 4. The molecule has 2 aromatic carbocycles. The van der Waals surface area contributed by atoms with Crippen molar-refractivity contribution < 1.29 is 23.9 Å². The van der Waals surface area contributed by atoms with Gasteiger partial charge in [0, 0.05) is 40.5 Å². The van der Waals surface area contributed by atoms with Crippen molar-refractivity contribution in [2.24, 2.45) is 4.99 Å². The number of esters is 1. The number of dihydropyridines is 1. The van der Waals surface area contributed by atoms with Crippen LogP contribution in [0.1, 0.15) is 35.7 Å². The average Bonchev–Trinajstić information content (AvgIpc) is 2.90. The Bertz CT molecular complexity index is 1260. The van der Waals surface area contributed by atoms with Crippen molar-refractivity contribution in [2.75, 3.05) is 25.0 Å². The molecule has 1 aliphatic heterocycles. The molecule has 10 nitrogen and oxygen atoms in total. The Kier molecular flexibility index (Phi) is 10.9. The van der Waals surface area contributed by atoms with E-state index in [0.29, 0.717) is 22.2 Å². The molecule has 0 aromatic heterocycles. The summed E-state index contributed by atoms with van der Waals surface area (Å²) in [7, 11) is 0. The maximum absolute atomic E-state index is 12.7. The van der Waals surface area contributed by atoms with Gasteiger partial charge in [0.15, 0.2) is 0 Å². The van der Waals surface area contributed by atoms with Crippen molar-refractivity contribution in [1.29, 1.82) is 0 Å². The summed E-state index contributed by atoms with van der Waals surface area (Å²) in [5.74, 6) is -1.30. The summed E-state index contributed by atoms with van der Waals surface area (Å²) in [6.07, 6.45) is 5.51. The summed E-state index contributed by atoms with van der Waals surface area (Å²) in [5, 5.41) is 11.7. The number of ether oxygens (including phenoxy) is 1. The first-order valence-electron chi connectivity index (χ1n) is 12.2. The zero-order valence-corrected chi connectivity index (χ0v) is 22.8. The number of nitrogens with one attached hydrogen (secondary N) is 4.